The lowest BCUT2D eigenvalue weighted by Crippen LogP contribution is -2.49. The summed E-state index contributed by atoms with van der Waals surface area (Å²) in [7, 11) is 1.99. The van der Waals surface area contributed by atoms with Crippen LogP contribution in [0.15, 0.2) is 47.9 Å². The van der Waals surface area contributed by atoms with Crippen LogP contribution in [0.3, 0.4) is 0 Å². The molecule has 8 heteroatoms. The molecule has 3 heterocycles. The molecule has 1 aromatic carbocycles. The highest BCUT2D eigenvalue weighted by Gasteiger charge is 2.23. The van der Waals surface area contributed by atoms with Gasteiger partial charge in [0.25, 0.3) is 0 Å². The van der Waals surface area contributed by atoms with Crippen molar-refractivity contribution in [2.45, 2.75) is 5.16 Å². The molecule has 0 atom stereocenters. The first-order chi connectivity index (χ1) is 12.7. The van der Waals surface area contributed by atoms with Crippen molar-refractivity contribution in [3.8, 4) is 0 Å². The number of carbonyl (C=O) groups excluding carboxylic acids is 1. The van der Waals surface area contributed by atoms with Crippen LogP contribution in [0.4, 0.5) is 5.95 Å². The van der Waals surface area contributed by atoms with Crippen molar-refractivity contribution in [3.63, 3.8) is 0 Å². The van der Waals surface area contributed by atoms with Gasteiger partial charge in [-0.05, 0) is 18.2 Å². The van der Waals surface area contributed by atoms with Crippen LogP contribution in [-0.4, -0.2) is 62.3 Å². The molecule has 1 aliphatic heterocycles. The van der Waals surface area contributed by atoms with E-state index in [0.717, 1.165) is 35.2 Å². The fraction of sp³-hybridized carbons (Fsp3) is 0.333. The molecule has 26 heavy (non-hydrogen) atoms. The van der Waals surface area contributed by atoms with Crippen LogP contribution in [0, 0.1) is 0 Å². The van der Waals surface area contributed by atoms with Gasteiger partial charge in [-0.15, -0.1) is 0 Å². The molecule has 0 N–H and O–H groups in total. The number of nitrogens with zero attached hydrogens (tertiary/aromatic N) is 6. The van der Waals surface area contributed by atoms with Gasteiger partial charge in [0.2, 0.25) is 11.9 Å². The number of amides is 1. The molecule has 134 valence electrons. The van der Waals surface area contributed by atoms with Crippen molar-refractivity contribution in [2.24, 2.45) is 7.05 Å². The standard InChI is InChI=1S/C18H20N6OS/c1-22-15-6-3-2-5-14(15)21-18(22)26-13-16(25)23-9-11-24(12-10-23)17-19-7-4-8-20-17/h2-8H,9-13H2,1H3. The monoisotopic (exact) mass is 368 g/mol. The predicted molar refractivity (Wildman–Crippen MR) is 102 cm³/mol. The number of rotatable bonds is 4. The van der Waals surface area contributed by atoms with Crippen molar-refractivity contribution in [1.29, 1.82) is 0 Å². The van der Waals surface area contributed by atoms with E-state index in [2.05, 4.69) is 19.9 Å². The number of aryl methyl sites for hydroxylation is 1. The minimum atomic E-state index is 0.149. The van der Waals surface area contributed by atoms with Gasteiger partial charge in [-0.3, -0.25) is 4.79 Å². The van der Waals surface area contributed by atoms with E-state index in [9.17, 15) is 4.79 Å². The number of anilines is 1. The van der Waals surface area contributed by atoms with Crippen molar-refractivity contribution < 1.29 is 4.79 Å². The maximum atomic E-state index is 12.6. The van der Waals surface area contributed by atoms with E-state index in [0.29, 0.717) is 18.8 Å². The van der Waals surface area contributed by atoms with Gasteiger partial charge in [-0.25, -0.2) is 15.0 Å². The number of carbonyl (C=O) groups is 1. The summed E-state index contributed by atoms with van der Waals surface area (Å²) >= 11 is 1.49. The molecule has 0 aliphatic carbocycles. The number of para-hydroxylation sites is 2. The van der Waals surface area contributed by atoms with Gasteiger partial charge in [0.15, 0.2) is 5.16 Å². The molecule has 1 saturated heterocycles. The number of hydrogen-bond acceptors (Lipinski definition) is 6. The third-order valence-corrected chi connectivity index (χ3v) is 5.55. The normalized spacial score (nSPS) is 14.8. The fourth-order valence-corrected chi connectivity index (χ4v) is 3.97. The summed E-state index contributed by atoms with van der Waals surface area (Å²) < 4.78 is 2.04. The second-order valence-electron chi connectivity index (χ2n) is 6.15. The summed E-state index contributed by atoms with van der Waals surface area (Å²) in [6.07, 6.45) is 3.49. The van der Waals surface area contributed by atoms with Gasteiger partial charge < -0.3 is 14.4 Å². The number of aromatic nitrogens is 4. The molecular weight excluding hydrogens is 348 g/mol. The highest BCUT2D eigenvalue weighted by Crippen LogP contribution is 2.23. The Balaban J connectivity index is 1.33. The highest BCUT2D eigenvalue weighted by atomic mass is 32.2. The Morgan fingerprint density at radius 1 is 1.08 bits per heavy atom. The maximum absolute atomic E-state index is 12.6. The van der Waals surface area contributed by atoms with E-state index in [1.54, 1.807) is 12.4 Å². The van der Waals surface area contributed by atoms with Crippen LogP contribution in [0.1, 0.15) is 0 Å². The SMILES string of the molecule is Cn1c(SCC(=O)N2CCN(c3ncccn3)CC2)nc2ccccc21. The molecule has 1 fully saturated rings. The van der Waals surface area contributed by atoms with Crippen molar-refractivity contribution in [2.75, 3.05) is 36.8 Å². The fourth-order valence-electron chi connectivity index (χ4n) is 3.08. The molecule has 0 bridgehead atoms. The molecule has 2 aromatic heterocycles. The summed E-state index contributed by atoms with van der Waals surface area (Å²) in [6.45, 7) is 2.90. The van der Waals surface area contributed by atoms with Crippen molar-refractivity contribution in [1.82, 2.24) is 24.4 Å². The topological polar surface area (TPSA) is 67.2 Å². The number of imidazole rings is 1. The Bertz CT molecular complexity index is 904. The Kier molecular flexibility index (Phi) is 4.75. The van der Waals surface area contributed by atoms with Gasteiger partial charge in [0, 0.05) is 45.6 Å². The predicted octanol–water partition coefficient (Wildman–Crippen LogP) is 1.80. The van der Waals surface area contributed by atoms with Crippen LogP contribution < -0.4 is 4.90 Å². The second kappa shape index (κ2) is 7.33. The van der Waals surface area contributed by atoms with Gasteiger partial charge in [-0.1, -0.05) is 23.9 Å². The molecule has 0 unspecified atom stereocenters. The first kappa shape index (κ1) is 16.8. The summed E-state index contributed by atoms with van der Waals surface area (Å²) in [4.78, 5) is 29.7. The zero-order valence-electron chi connectivity index (χ0n) is 14.6. The van der Waals surface area contributed by atoms with Crippen molar-refractivity contribution >= 4 is 34.7 Å². The van der Waals surface area contributed by atoms with Crippen LogP contribution >= 0.6 is 11.8 Å². The smallest absolute Gasteiger partial charge is 0.233 e. The number of fused-ring (bicyclic) bond motifs is 1. The minimum Gasteiger partial charge on any atom is -0.338 e. The first-order valence-electron chi connectivity index (χ1n) is 8.56. The van der Waals surface area contributed by atoms with Gasteiger partial charge in [0.1, 0.15) is 0 Å². The number of piperazine rings is 1. The lowest BCUT2D eigenvalue weighted by molar-refractivity contribution is -0.128. The third kappa shape index (κ3) is 3.37. The Hall–Kier alpha value is -2.61. The van der Waals surface area contributed by atoms with Crippen molar-refractivity contribution in [3.05, 3.63) is 42.7 Å². The van der Waals surface area contributed by atoms with Crippen LogP contribution in [0.5, 0.6) is 0 Å². The second-order valence-corrected chi connectivity index (χ2v) is 7.09. The van der Waals surface area contributed by atoms with E-state index in [1.165, 1.54) is 11.8 Å². The first-order valence-corrected chi connectivity index (χ1v) is 9.55. The highest BCUT2D eigenvalue weighted by molar-refractivity contribution is 7.99. The molecular formula is C18H20N6OS. The molecule has 3 aromatic rings. The van der Waals surface area contributed by atoms with Gasteiger partial charge in [0.05, 0.1) is 16.8 Å². The Morgan fingerprint density at radius 2 is 1.81 bits per heavy atom. The average Bonchev–Trinajstić information content (AvgIpc) is 3.03. The molecule has 1 amide bonds. The molecule has 0 radical (unpaired) electrons. The minimum absolute atomic E-state index is 0.149. The Morgan fingerprint density at radius 3 is 2.54 bits per heavy atom. The summed E-state index contributed by atoms with van der Waals surface area (Å²) in [5, 5.41) is 0.871. The Labute approximate surface area is 156 Å². The summed E-state index contributed by atoms with van der Waals surface area (Å²) in [6, 6.07) is 9.82. The summed E-state index contributed by atoms with van der Waals surface area (Å²) in [5.41, 5.74) is 2.04. The molecule has 4 rings (SSSR count). The lowest BCUT2D eigenvalue weighted by Gasteiger charge is -2.34. The van der Waals surface area contributed by atoms with Crippen LogP contribution in [0.25, 0.3) is 11.0 Å². The van der Waals surface area contributed by atoms with E-state index in [1.807, 2.05) is 46.8 Å². The quantitative estimate of drug-likeness (QED) is 0.654. The summed E-state index contributed by atoms with van der Waals surface area (Å²) in [5.74, 6) is 1.28. The van der Waals surface area contributed by atoms with Crippen LogP contribution in [-0.2, 0) is 11.8 Å². The molecule has 1 aliphatic rings. The molecule has 0 saturated carbocycles. The van der Waals surface area contributed by atoms with E-state index < -0.39 is 0 Å². The maximum Gasteiger partial charge on any atom is 0.233 e. The third-order valence-electron chi connectivity index (χ3n) is 4.54. The number of hydrogen-bond donors (Lipinski definition) is 0. The zero-order valence-corrected chi connectivity index (χ0v) is 15.4. The van der Waals surface area contributed by atoms with Crippen LogP contribution in [0.2, 0.25) is 0 Å². The number of benzene rings is 1. The van der Waals surface area contributed by atoms with Gasteiger partial charge >= 0.3 is 0 Å². The van der Waals surface area contributed by atoms with E-state index in [-0.39, 0.29) is 5.91 Å². The van der Waals surface area contributed by atoms with E-state index >= 15 is 0 Å². The van der Waals surface area contributed by atoms with E-state index in [4.69, 9.17) is 0 Å². The average molecular weight is 368 g/mol. The molecule has 0 spiro atoms. The molecule has 7 nitrogen and oxygen atoms in total. The van der Waals surface area contributed by atoms with Gasteiger partial charge in [-0.2, -0.15) is 0 Å². The zero-order chi connectivity index (χ0) is 17.9. The lowest BCUT2D eigenvalue weighted by atomic mass is 10.3. The number of thioether (sulfide) groups is 1. The largest absolute Gasteiger partial charge is 0.338 e.